The van der Waals surface area contributed by atoms with Crippen LogP contribution in [0.25, 0.3) is 26.6 Å². The molecule has 1 atom stereocenters. The Morgan fingerprint density at radius 3 is 2.53 bits per heavy atom. The first-order chi connectivity index (χ1) is 15.5. The van der Waals surface area contributed by atoms with E-state index in [0.717, 1.165) is 31.7 Å². The molecule has 162 valence electrons. The molecule has 2 N–H and O–H groups in total. The third-order valence-electron chi connectivity index (χ3n) is 5.00. The molecule has 0 aliphatic heterocycles. The molecular formula is C26H22O5S. The maximum atomic E-state index is 11.3. The number of methoxy groups -OCH3 is 1. The number of aliphatic hydroxyl groups is 1. The van der Waals surface area contributed by atoms with Crippen LogP contribution in [0.2, 0.25) is 0 Å². The number of aliphatic hydroxyl groups excluding tert-OH is 1. The maximum Gasteiger partial charge on any atom is 0.330 e. The van der Waals surface area contributed by atoms with Gasteiger partial charge in [0.2, 0.25) is 0 Å². The summed E-state index contributed by atoms with van der Waals surface area (Å²) in [6, 6.07) is 20.2. The Bertz CT molecular complexity index is 1290. The van der Waals surface area contributed by atoms with Gasteiger partial charge in [0.25, 0.3) is 0 Å². The largest absolute Gasteiger partial charge is 0.508 e. The summed E-state index contributed by atoms with van der Waals surface area (Å²) in [6.45, 7) is 1.74. The molecule has 4 aromatic rings. The van der Waals surface area contributed by atoms with Crippen LogP contribution < -0.4 is 4.74 Å². The zero-order valence-corrected chi connectivity index (χ0v) is 18.4. The first-order valence-electron chi connectivity index (χ1n) is 10.0. The standard InChI is InChI=1S/C26H22O5S/c1-16(27)20-5-3-4-6-21(20)26-25(22-13-10-18(28)15-23(22)32-26)31-19-11-7-17(8-12-19)9-14-24(29)30-2/h3-16,27-28H,1-2H3/b14-9+/t16-/m1/s1. The Hall–Kier alpha value is -3.61. The van der Waals surface area contributed by atoms with E-state index in [1.807, 2.05) is 54.6 Å². The van der Waals surface area contributed by atoms with Crippen LogP contribution in [0.15, 0.2) is 72.8 Å². The Morgan fingerprint density at radius 2 is 1.81 bits per heavy atom. The Morgan fingerprint density at radius 1 is 1.06 bits per heavy atom. The number of fused-ring (bicyclic) bond motifs is 1. The fourth-order valence-electron chi connectivity index (χ4n) is 3.41. The van der Waals surface area contributed by atoms with Crippen molar-refractivity contribution in [2.45, 2.75) is 13.0 Å². The van der Waals surface area contributed by atoms with Gasteiger partial charge in [-0.1, -0.05) is 36.4 Å². The molecule has 0 radical (unpaired) electrons. The van der Waals surface area contributed by atoms with Crippen molar-refractivity contribution in [3.63, 3.8) is 0 Å². The third kappa shape index (κ3) is 4.51. The molecule has 0 fully saturated rings. The lowest BCUT2D eigenvalue weighted by molar-refractivity contribution is -0.134. The lowest BCUT2D eigenvalue weighted by atomic mass is 10.0. The van der Waals surface area contributed by atoms with Crippen LogP contribution in [0.4, 0.5) is 0 Å². The number of carbonyl (C=O) groups excluding carboxylic acids is 1. The summed E-state index contributed by atoms with van der Waals surface area (Å²) in [5.41, 5.74) is 2.52. The number of phenolic OH excluding ortho intramolecular Hbond substituents is 1. The predicted octanol–water partition coefficient (Wildman–Crippen LogP) is 6.31. The van der Waals surface area contributed by atoms with E-state index in [9.17, 15) is 15.0 Å². The second-order valence-corrected chi connectivity index (χ2v) is 8.28. The highest BCUT2D eigenvalue weighted by Gasteiger charge is 2.20. The highest BCUT2D eigenvalue weighted by Crippen LogP contribution is 2.48. The van der Waals surface area contributed by atoms with Crippen LogP contribution in [-0.4, -0.2) is 23.3 Å². The van der Waals surface area contributed by atoms with Gasteiger partial charge < -0.3 is 19.7 Å². The van der Waals surface area contributed by atoms with Crippen molar-refractivity contribution in [3.05, 3.63) is 83.9 Å². The fourth-order valence-corrected chi connectivity index (χ4v) is 4.62. The second kappa shape index (κ2) is 9.26. The van der Waals surface area contributed by atoms with Gasteiger partial charge in [0, 0.05) is 21.7 Å². The van der Waals surface area contributed by atoms with Gasteiger partial charge in [0.1, 0.15) is 11.5 Å². The van der Waals surface area contributed by atoms with E-state index in [4.69, 9.17) is 4.74 Å². The summed E-state index contributed by atoms with van der Waals surface area (Å²) in [7, 11) is 1.34. The minimum absolute atomic E-state index is 0.183. The smallest absolute Gasteiger partial charge is 0.330 e. The molecule has 3 aromatic carbocycles. The van der Waals surface area contributed by atoms with E-state index < -0.39 is 12.1 Å². The molecule has 32 heavy (non-hydrogen) atoms. The number of hydrogen-bond donors (Lipinski definition) is 2. The summed E-state index contributed by atoms with van der Waals surface area (Å²) in [5.74, 6) is 1.06. The molecule has 0 amide bonds. The topological polar surface area (TPSA) is 76.0 Å². The van der Waals surface area contributed by atoms with Crippen LogP contribution in [0.5, 0.6) is 17.2 Å². The molecule has 1 heterocycles. The Balaban J connectivity index is 1.76. The number of carbonyl (C=O) groups is 1. The summed E-state index contributed by atoms with van der Waals surface area (Å²) in [4.78, 5) is 12.2. The molecule has 6 heteroatoms. The van der Waals surface area contributed by atoms with Gasteiger partial charge in [-0.15, -0.1) is 11.3 Å². The molecule has 5 nitrogen and oxygen atoms in total. The van der Waals surface area contributed by atoms with Gasteiger partial charge in [-0.25, -0.2) is 4.79 Å². The van der Waals surface area contributed by atoms with Crippen molar-refractivity contribution in [2.75, 3.05) is 7.11 Å². The monoisotopic (exact) mass is 446 g/mol. The number of rotatable bonds is 6. The minimum atomic E-state index is -0.640. The number of thiophene rings is 1. The number of ether oxygens (including phenoxy) is 2. The van der Waals surface area contributed by atoms with Crippen molar-refractivity contribution >= 4 is 33.5 Å². The predicted molar refractivity (Wildman–Crippen MR) is 127 cm³/mol. The highest BCUT2D eigenvalue weighted by atomic mass is 32.1. The normalized spacial score (nSPS) is 12.2. The van der Waals surface area contributed by atoms with Crippen LogP contribution in [0, 0.1) is 0 Å². The van der Waals surface area contributed by atoms with Gasteiger partial charge in [0.15, 0.2) is 5.75 Å². The lowest BCUT2D eigenvalue weighted by Gasteiger charge is -2.13. The van der Waals surface area contributed by atoms with Gasteiger partial charge >= 0.3 is 5.97 Å². The molecule has 4 rings (SSSR count). The molecular weight excluding hydrogens is 424 g/mol. The average molecular weight is 447 g/mol. The van der Waals surface area contributed by atoms with E-state index in [1.54, 1.807) is 25.1 Å². The Kier molecular flexibility index (Phi) is 6.25. The van der Waals surface area contributed by atoms with Crippen LogP contribution in [0.3, 0.4) is 0 Å². The van der Waals surface area contributed by atoms with Crippen LogP contribution in [-0.2, 0) is 9.53 Å². The third-order valence-corrected chi connectivity index (χ3v) is 6.16. The molecule has 0 unspecified atom stereocenters. The number of aromatic hydroxyl groups is 1. The SMILES string of the molecule is COC(=O)/C=C/c1ccc(Oc2c(-c3ccccc3[C@@H](C)O)sc3cc(O)ccc23)cc1. The van der Waals surface area contributed by atoms with Crippen LogP contribution >= 0.6 is 11.3 Å². The number of phenols is 1. The second-order valence-electron chi connectivity index (χ2n) is 7.23. The lowest BCUT2D eigenvalue weighted by Crippen LogP contribution is -1.95. The molecule has 0 saturated carbocycles. The van der Waals surface area contributed by atoms with Gasteiger partial charge in [-0.3, -0.25) is 0 Å². The first-order valence-corrected chi connectivity index (χ1v) is 10.8. The van der Waals surface area contributed by atoms with E-state index in [-0.39, 0.29) is 5.75 Å². The van der Waals surface area contributed by atoms with Crippen molar-refractivity contribution in [3.8, 4) is 27.7 Å². The zero-order valence-electron chi connectivity index (χ0n) is 17.6. The quantitative estimate of drug-likeness (QED) is 0.268. The van der Waals surface area contributed by atoms with Crippen molar-refractivity contribution in [1.82, 2.24) is 0 Å². The van der Waals surface area contributed by atoms with Gasteiger partial charge in [-0.05, 0) is 54.5 Å². The van der Waals surface area contributed by atoms with Gasteiger partial charge in [-0.2, -0.15) is 0 Å². The first kappa shape index (κ1) is 21.6. The summed E-state index contributed by atoms with van der Waals surface area (Å²) >= 11 is 1.50. The van der Waals surface area contributed by atoms with E-state index in [0.29, 0.717) is 11.5 Å². The van der Waals surface area contributed by atoms with Crippen LogP contribution in [0.1, 0.15) is 24.2 Å². The van der Waals surface area contributed by atoms with E-state index in [2.05, 4.69) is 4.74 Å². The highest BCUT2D eigenvalue weighted by molar-refractivity contribution is 7.22. The van der Waals surface area contributed by atoms with Crippen molar-refractivity contribution in [2.24, 2.45) is 0 Å². The van der Waals surface area contributed by atoms with Crippen molar-refractivity contribution < 1.29 is 24.5 Å². The minimum Gasteiger partial charge on any atom is -0.508 e. The Labute approximate surface area is 189 Å². The number of benzene rings is 3. The summed E-state index contributed by atoms with van der Waals surface area (Å²) in [5, 5.41) is 21.1. The van der Waals surface area contributed by atoms with Crippen molar-refractivity contribution in [1.29, 1.82) is 0 Å². The summed E-state index contributed by atoms with van der Waals surface area (Å²) < 4.78 is 11.8. The van der Waals surface area contributed by atoms with E-state index >= 15 is 0 Å². The zero-order chi connectivity index (χ0) is 22.7. The van der Waals surface area contributed by atoms with E-state index in [1.165, 1.54) is 24.5 Å². The van der Waals surface area contributed by atoms with Gasteiger partial charge in [0.05, 0.1) is 18.1 Å². The maximum absolute atomic E-state index is 11.3. The average Bonchev–Trinajstić information content (AvgIpc) is 3.15. The molecule has 0 aliphatic rings. The number of esters is 1. The number of hydrogen-bond acceptors (Lipinski definition) is 6. The molecule has 1 aromatic heterocycles. The fraction of sp³-hybridized carbons (Fsp3) is 0.115. The molecule has 0 spiro atoms. The molecule has 0 saturated heterocycles. The molecule has 0 bridgehead atoms. The summed E-state index contributed by atoms with van der Waals surface area (Å²) in [6.07, 6.45) is 2.39. The molecule has 0 aliphatic carbocycles.